The monoisotopic (exact) mass is 450 g/mol. The van der Waals surface area contributed by atoms with Crippen LogP contribution in [0.2, 0.25) is 0 Å². The summed E-state index contributed by atoms with van der Waals surface area (Å²) in [4.78, 5) is 30.6. The third kappa shape index (κ3) is 3.20. The topological polar surface area (TPSA) is 140 Å². The first-order valence-electron chi connectivity index (χ1n) is 12.0. The van der Waals surface area contributed by atoms with E-state index in [2.05, 4.69) is 15.9 Å². The molecule has 5 N–H and O–H groups in total. The van der Waals surface area contributed by atoms with Crippen LogP contribution < -0.4 is 11.5 Å². The molecule has 3 saturated heterocycles. The van der Waals surface area contributed by atoms with Gasteiger partial charge in [-0.3, -0.25) is 19.4 Å². The van der Waals surface area contributed by atoms with Crippen LogP contribution >= 0.6 is 0 Å². The number of aliphatic hydroxyl groups excluding tert-OH is 1. The van der Waals surface area contributed by atoms with Gasteiger partial charge < -0.3 is 21.5 Å². The summed E-state index contributed by atoms with van der Waals surface area (Å²) < 4.78 is 0. The molecule has 4 fully saturated rings. The van der Waals surface area contributed by atoms with Crippen LogP contribution in [-0.4, -0.2) is 81.1 Å². The van der Waals surface area contributed by atoms with Crippen LogP contribution in [-0.2, 0) is 11.2 Å². The summed E-state index contributed by atoms with van der Waals surface area (Å²) in [7, 11) is 0. The fourth-order valence-electron chi connectivity index (χ4n) is 6.97. The Kier molecular flexibility index (Phi) is 4.79. The van der Waals surface area contributed by atoms with Gasteiger partial charge >= 0.3 is 0 Å². The summed E-state index contributed by atoms with van der Waals surface area (Å²) in [6.07, 6.45) is 3.76. The quantitative estimate of drug-likeness (QED) is 0.559. The number of nitrogens with two attached hydrogens (primary N) is 2. The Labute approximate surface area is 192 Å². The Hall–Kier alpha value is -2.51. The van der Waals surface area contributed by atoms with E-state index in [1.165, 1.54) is 5.56 Å². The number of aryl methyl sites for hydroxylation is 1. The Morgan fingerprint density at radius 1 is 1.24 bits per heavy atom. The van der Waals surface area contributed by atoms with Crippen LogP contribution in [0.4, 0.5) is 0 Å². The number of nitriles is 1. The van der Waals surface area contributed by atoms with Gasteiger partial charge in [-0.2, -0.15) is 5.26 Å². The van der Waals surface area contributed by atoms with Crippen molar-refractivity contribution in [3.05, 3.63) is 34.9 Å². The molecule has 3 aliphatic heterocycles. The molecular weight excluding hydrogens is 420 g/mol. The van der Waals surface area contributed by atoms with Crippen molar-refractivity contribution < 1.29 is 14.7 Å². The molecule has 4 unspecified atom stereocenters. The zero-order valence-corrected chi connectivity index (χ0v) is 18.5. The molecule has 33 heavy (non-hydrogen) atoms. The van der Waals surface area contributed by atoms with Gasteiger partial charge in [0, 0.05) is 36.8 Å². The lowest BCUT2D eigenvalue weighted by atomic mass is 10.0. The molecule has 2 bridgehead atoms. The van der Waals surface area contributed by atoms with Crippen LogP contribution in [0.25, 0.3) is 0 Å². The number of hydrogen-bond acceptors (Lipinski definition) is 7. The summed E-state index contributed by atoms with van der Waals surface area (Å²) in [5, 5.41) is 20.6. The molecule has 1 aromatic rings. The van der Waals surface area contributed by atoms with Gasteiger partial charge in [0.1, 0.15) is 12.3 Å². The van der Waals surface area contributed by atoms with E-state index in [0.717, 1.165) is 44.2 Å². The standard InChI is InChI=1S/C24H30N6O3/c25-9-15-6-14-7-20(14)29(15)23(32)18(26)11-28-10-16-8-21(28)24(33)30(16)19-4-2-12-5-13(22(27)31)1-3-17(12)19/h1,3,5,14-16,18-21,24,33H,2,4,6-8,10-11,26H2,(H2,27,31)/t14-,15?,16+,18?,19+,20+,21?,24?/m1/s1. The largest absolute Gasteiger partial charge is 0.377 e. The van der Waals surface area contributed by atoms with E-state index in [1.807, 2.05) is 12.1 Å². The number of aliphatic hydroxyl groups is 1. The van der Waals surface area contributed by atoms with Crippen molar-refractivity contribution in [2.24, 2.45) is 17.4 Å². The molecule has 0 radical (unpaired) electrons. The maximum atomic E-state index is 13.0. The third-order valence-corrected chi connectivity index (χ3v) is 8.59. The number of fused-ring (bicyclic) bond motifs is 4. The van der Waals surface area contributed by atoms with Gasteiger partial charge in [-0.05, 0) is 61.3 Å². The number of piperidine rings is 1. The van der Waals surface area contributed by atoms with E-state index in [9.17, 15) is 20.0 Å². The highest BCUT2D eigenvalue weighted by Gasteiger charge is 2.56. The summed E-state index contributed by atoms with van der Waals surface area (Å²) in [6, 6.07) is 7.32. The molecule has 1 aromatic carbocycles. The van der Waals surface area contributed by atoms with Gasteiger partial charge in [0.2, 0.25) is 11.8 Å². The van der Waals surface area contributed by atoms with Crippen molar-refractivity contribution in [1.29, 1.82) is 5.26 Å². The number of rotatable bonds is 5. The van der Waals surface area contributed by atoms with Crippen molar-refractivity contribution in [3.8, 4) is 6.07 Å². The normalized spacial score (nSPS) is 37.6. The van der Waals surface area contributed by atoms with Crippen LogP contribution in [0.1, 0.15) is 53.2 Å². The zero-order chi connectivity index (χ0) is 23.0. The lowest BCUT2D eigenvalue weighted by molar-refractivity contribution is -0.135. The second kappa shape index (κ2) is 7.50. The molecule has 9 nitrogen and oxygen atoms in total. The molecule has 2 aliphatic carbocycles. The predicted molar refractivity (Wildman–Crippen MR) is 118 cm³/mol. The molecule has 3 heterocycles. The predicted octanol–water partition coefficient (Wildman–Crippen LogP) is -0.310. The number of piperazine rings is 1. The SMILES string of the molecule is N#CC1C[C@@H]2C[C@@H]2N1C(=O)C(N)CN1C[C@@H]2CC1C(O)N2[C@H]1CCc2cc(C(N)=O)ccc21. The van der Waals surface area contributed by atoms with E-state index >= 15 is 0 Å². The number of primary amides is 1. The van der Waals surface area contributed by atoms with Gasteiger partial charge in [0.05, 0.1) is 18.2 Å². The minimum absolute atomic E-state index is 0.0539. The Balaban J connectivity index is 1.12. The lowest BCUT2D eigenvalue weighted by Gasteiger charge is -2.42. The second-order valence-corrected chi connectivity index (χ2v) is 10.4. The summed E-state index contributed by atoms with van der Waals surface area (Å²) >= 11 is 0. The summed E-state index contributed by atoms with van der Waals surface area (Å²) in [6.45, 7) is 1.17. The molecule has 0 spiro atoms. The first kappa shape index (κ1) is 21.1. The van der Waals surface area contributed by atoms with Crippen molar-refractivity contribution in [2.45, 2.75) is 74.6 Å². The molecule has 1 saturated carbocycles. The first-order valence-corrected chi connectivity index (χ1v) is 12.0. The average Bonchev–Trinajstić information content (AvgIpc) is 3.15. The van der Waals surface area contributed by atoms with Crippen LogP contribution in [0.15, 0.2) is 18.2 Å². The first-order chi connectivity index (χ1) is 15.9. The Morgan fingerprint density at radius 2 is 2.06 bits per heavy atom. The number of nitrogens with zero attached hydrogens (tertiary/aromatic N) is 4. The number of carbonyl (C=O) groups is 2. The second-order valence-electron chi connectivity index (χ2n) is 10.4. The maximum Gasteiger partial charge on any atom is 0.248 e. The molecule has 0 aromatic heterocycles. The van der Waals surface area contributed by atoms with E-state index in [4.69, 9.17) is 11.5 Å². The highest BCUT2D eigenvalue weighted by Crippen LogP contribution is 2.48. The number of hydrogen-bond donors (Lipinski definition) is 3. The molecule has 174 valence electrons. The summed E-state index contributed by atoms with van der Waals surface area (Å²) in [5.74, 6) is -0.0803. The van der Waals surface area contributed by atoms with E-state index in [0.29, 0.717) is 18.0 Å². The van der Waals surface area contributed by atoms with Crippen LogP contribution in [0.3, 0.4) is 0 Å². The van der Waals surface area contributed by atoms with Crippen LogP contribution in [0.5, 0.6) is 0 Å². The van der Waals surface area contributed by atoms with E-state index in [-0.39, 0.29) is 36.1 Å². The van der Waals surface area contributed by atoms with Crippen molar-refractivity contribution >= 4 is 11.8 Å². The highest BCUT2D eigenvalue weighted by atomic mass is 16.3. The molecule has 2 amide bonds. The smallest absolute Gasteiger partial charge is 0.248 e. The molecular formula is C24H30N6O3. The van der Waals surface area contributed by atoms with Gasteiger partial charge in [0.15, 0.2) is 0 Å². The van der Waals surface area contributed by atoms with Gasteiger partial charge in [-0.1, -0.05) is 6.07 Å². The zero-order valence-electron chi connectivity index (χ0n) is 18.5. The average molecular weight is 451 g/mol. The fourth-order valence-corrected chi connectivity index (χ4v) is 6.97. The van der Waals surface area contributed by atoms with Gasteiger partial charge in [-0.25, -0.2) is 0 Å². The van der Waals surface area contributed by atoms with Crippen molar-refractivity contribution in [2.75, 3.05) is 13.1 Å². The minimum Gasteiger partial charge on any atom is -0.377 e. The van der Waals surface area contributed by atoms with E-state index < -0.39 is 18.2 Å². The summed E-state index contributed by atoms with van der Waals surface area (Å²) in [5.41, 5.74) is 14.6. The molecule has 5 aliphatic rings. The Bertz CT molecular complexity index is 1050. The van der Waals surface area contributed by atoms with Gasteiger partial charge in [0.25, 0.3) is 0 Å². The fraction of sp³-hybridized carbons (Fsp3) is 0.625. The van der Waals surface area contributed by atoms with Crippen LogP contribution in [0, 0.1) is 17.2 Å². The van der Waals surface area contributed by atoms with Crippen molar-refractivity contribution in [1.82, 2.24) is 14.7 Å². The number of benzene rings is 1. The minimum atomic E-state index is -0.681. The molecule has 8 atom stereocenters. The molecule has 6 rings (SSSR count). The van der Waals surface area contributed by atoms with Gasteiger partial charge in [-0.15, -0.1) is 0 Å². The highest BCUT2D eigenvalue weighted by molar-refractivity contribution is 5.93. The Morgan fingerprint density at radius 3 is 2.79 bits per heavy atom. The third-order valence-electron chi connectivity index (χ3n) is 8.59. The number of carbonyl (C=O) groups excluding carboxylic acids is 2. The maximum absolute atomic E-state index is 13.0. The number of amides is 2. The van der Waals surface area contributed by atoms with E-state index in [1.54, 1.807) is 11.0 Å². The molecule has 9 heteroatoms. The van der Waals surface area contributed by atoms with Crippen molar-refractivity contribution in [3.63, 3.8) is 0 Å². The lowest BCUT2D eigenvalue weighted by Crippen LogP contribution is -2.58. The number of likely N-dealkylation sites (tertiary alicyclic amines) is 3.